The van der Waals surface area contributed by atoms with E-state index in [1.807, 2.05) is 6.92 Å². The van der Waals surface area contributed by atoms with Gasteiger partial charge in [0.2, 0.25) is 0 Å². The molecule has 1 aliphatic carbocycles. The van der Waals surface area contributed by atoms with Gasteiger partial charge in [0, 0.05) is 22.7 Å². The summed E-state index contributed by atoms with van der Waals surface area (Å²) in [6.07, 6.45) is 3.69. The van der Waals surface area contributed by atoms with E-state index in [4.69, 9.17) is 9.72 Å². The first-order valence-electron chi connectivity index (χ1n) is 8.01. The van der Waals surface area contributed by atoms with Crippen LogP contribution in [0.1, 0.15) is 32.6 Å². The Morgan fingerprint density at radius 2 is 2.00 bits per heavy atom. The predicted molar refractivity (Wildman–Crippen MR) is 96.5 cm³/mol. The zero-order valence-corrected chi connectivity index (χ0v) is 15.2. The van der Waals surface area contributed by atoms with E-state index in [2.05, 4.69) is 44.9 Å². The molecule has 0 spiro atoms. The molecule has 0 bridgehead atoms. The smallest absolute Gasteiger partial charge is 0.132 e. The maximum absolute atomic E-state index is 10.1. The fourth-order valence-corrected chi connectivity index (χ4v) is 3.68. The molecule has 1 saturated heterocycles. The molecule has 0 unspecified atom stereocenters. The molecule has 0 amide bonds. The van der Waals surface area contributed by atoms with Gasteiger partial charge in [-0.2, -0.15) is 0 Å². The summed E-state index contributed by atoms with van der Waals surface area (Å²) in [7, 11) is 0. The second-order valence-corrected chi connectivity index (χ2v) is 7.79. The highest BCUT2D eigenvalue weighted by molar-refractivity contribution is 14.1. The van der Waals surface area contributed by atoms with Crippen molar-refractivity contribution in [2.75, 3.05) is 36.5 Å². The fraction of sp³-hybridized carbons (Fsp3) is 0.688. The second kappa shape index (κ2) is 6.88. The van der Waals surface area contributed by atoms with Gasteiger partial charge in [-0.25, -0.2) is 4.98 Å². The summed E-state index contributed by atoms with van der Waals surface area (Å²) in [6, 6.07) is 4.63. The molecule has 1 saturated carbocycles. The van der Waals surface area contributed by atoms with Crippen molar-refractivity contribution in [3.8, 4) is 0 Å². The quantitative estimate of drug-likeness (QED) is 0.741. The van der Waals surface area contributed by atoms with Crippen LogP contribution >= 0.6 is 22.6 Å². The van der Waals surface area contributed by atoms with Crippen molar-refractivity contribution in [2.24, 2.45) is 0 Å². The molecule has 0 atom stereocenters. The van der Waals surface area contributed by atoms with Crippen LogP contribution in [-0.2, 0) is 4.74 Å². The molecule has 1 aromatic heterocycles. The van der Waals surface area contributed by atoms with Gasteiger partial charge in [-0.1, -0.05) is 0 Å². The Morgan fingerprint density at radius 3 is 2.68 bits per heavy atom. The van der Waals surface area contributed by atoms with Crippen LogP contribution in [0, 0.1) is 3.57 Å². The zero-order valence-electron chi connectivity index (χ0n) is 13.0. The molecule has 2 N–H and O–H groups in total. The highest BCUT2D eigenvalue weighted by atomic mass is 127. The predicted octanol–water partition coefficient (Wildman–Crippen LogP) is 2.63. The molecule has 1 aromatic rings. The number of anilines is 2. The standard InChI is InChI=1S/C16H24IN3O2/c1-16(21)4-2-13(3-5-16)18-14-10-12(17)11-15(19-14)20-6-8-22-9-7-20/h10-11,13,21H,2-9H2,1H3,(H,18,19)/t13-,16+. The number of hydrogen-bond acceptors (Lipinski definition) is 5. The summed E-state index contributed by atoms with van der Waals surface area (Å²) >= 11 is 2.35. The third-order valence-electron chi connectivity index (χ3n) is 4.53. The molecule has 2 heterocycles. The van der Waals surface area contributed by atoms with Crippen LogP contribution in [0.5, 0.6) is 0 Å². The van der Waals surface area contributed by atoms with Crippen LogP contribution in [0.25, 0.3) is 0 Å². The first-order chi connectivity index (χ1) is 10.5. The zero-order chi connectivity index (χ0) is 15.6. The number of pyridine rings is 1. The van der Waals surface area contributed by atoms with Crippen LogP contribution in [0.2, 0.25) is 0 Å². The molecule has 6 heteroatoms. The molecular formula is C16H24IN3O2. The Kier molecular flexibility index (Phi) is 5.09. The van der Waals surface area contributed by atoms with Crippen LogP contribution < -0.4 is 10.2 Å². The van der Waals surface area contributed by atoms with Gasteiger partial charge in [-0.15, -0.1) is 0 Å². The van der Waals surface area contributed by atoms with E-state index in [1.165, 1.54) is 3.57 Å². The van der Waals surface area contributed by atoms with E-state index in [0.717, 1.165) is 63.6 Å². The Morgan fingerprint density at radius 1 is 1.32 bits per heavy atom. The van der Waals surface area contributed by atoms with Crippen molar-refractivity contribution < 1.29 is 9.84 Å². The summed E-state index contributed by atoms with van der Waals surface area (Å²) in [5.74, 6) is 1.97. The van der Waals surface area contributed by atoms with Crippen LogP contribution in [-0.4, -0.2) is 48.0 Å². The Hall–Kier alpha value is -0.600. The number of nitrogens with one attached hydrogen (secondary N) is 1. The number of morpholine rings is 1. The molecule has 1 aliphatic heterocycles. The van der Waals surface area contributed by atoms with E-state index < -0.39 is 5.60 Å². The van der Waals surface area contributed by atoms with E-state index in [1.54, 1.807) is 0 Å². The summed E-state index contributed by atoms with van der Waals surface area (Å²) in [5, 5.41) is 13.6. The number of ether oxygens (including phenoxy) is 1. The number of hydrogen-bond donors (Lipinski definition) is 2. The van der Waals surface area contributed by atoms with Gasteiger partial charge in [0.05, 0.1) is 18.8 Å². The average Bonchev–Trinajstić information content (AvgIpc) is 2.50. The van der Waals surface area contributed by atoms with Gasteiger partial charge in [0.25, 0.3) is 0 Å². The van der Waals surface area contributed by atoms with E-state index in [0.29, 0.717) is 6.04 Å². The maximum atomic E-state index is 10.1. The number of aliphatic hydroxyl groups is 1. The summed E-state index contributed by atoms with van der Waals surface area (Å²) in [4.78, 5) is 7.06. The van der Waals surface area contributed by atoms with Crippen LogP contribution in [0.4, 0.5) is 11.6 Å². The summed E-state index contributed by atoms with van der Waals surface area (Å²) in [6.45, 7) is 5.28. The number of aromatic nitrogens is 1. The van der Waals surface area contributed by atoms with E-state index in [-0.39, 0.29) is 0 Å². The number of nitrogens with zero attached hydrogens (tertiary/aromatic N) is 2. The van der Waals surface area contributed by atoms with E-state index in [9.17, 15) is 5.11 Å². The highest BCUT2D eigenvalue weighted by Gasteiger charge is 2.28. The van der Waals surface area contributed by atoms with Crippen molar-refractivity contribution in [3.05, 3.63) is 15.7 Å². The average molecular weight is 417 g/mol. The van der Waals surface area contributed by atoms with Gasteiger partial charge < -0.3 is 20.1 Å². The molecule has 122 valence electrons. The summed E-state index contributed by atoms with van der Waals surface area (Å²) in [5.41, 5.74) is -0.490. The van der Waals surface area contributed by atoms with Gasteiger partial charge in [-0.05, 0) is 67.3 Å². The first kappa shape index (κ1) is 16.3. The van der Waals surface area contributed by atoms with Crippen molar-refractivity contribution in [1.29, 1.82) is 0 Å². The number of halogens is 1. The summed E-state index contributed by atoms with van der Waals surface area (Å²) < 4.78 is 6.61. The lowest BCUT2D eigenvalue weighted by molar-refractivity contribution is 0.0196. The van der Waals surface area contributed by atoms with Crippen molar-refractivity contribution in [1.82, 2.24) is 4.98 Å². The third-order valence-corrected chi connectivity index (χ3v) is 5.15. The van der Waals surface area contributed by atoms with Gasteiger partial charge >= 0.3 is 0 Å². The van der Waals surface area contributed by atoms with Gasteiger partial charge in [0.1, 0.15) is 11.6 Å². The first-order valence-corrected chi connectivity index (χ1v) is 9.09. The number of rotatable bonds is 3. The van der Waals surface area contributed by atoms with Crippen LogP contribution in [0.3, 0.4) is 0 Å². The van der Waals surface area contributed by atoms with Crippen molar-refractivity contribution in [2.45, 2.75) is 44.2 Å². The minimum absolute atomic E-state index is 0.406. The molecule has 2 aliphatic rings. The molecule has 22 heavy (non-hydrogen) atoms. The second-order valence-electron chi connectivity index (χ2n) is 6.54. The minimum Gasteiger partial charge on any atom is -0.390 e. The van der Waals surface area contributed by atoms with Crippen LogP contribution in [0.15, 0.2) is 12.1 Å². The third kappa shape index (κ3) is 4.23. The lowest BCUT2D eigenvalue weighted by Gasteiger charge is -2.34. The largest absolute Gasteiger partial charge is 0.390 e. The normalized spacial score (nSPS) is 29.4. The maximum Gasteiger partial charge on any atom is 0.132 e. The van der Waals surface area contributed by atoms with E-state index >= 15 is 0 Å². The Balaban J connectivity index is 1.67. The lowest BCUT2D eigenvalue weighted by atomic mass is 9.84. The highest BCUT2D eigenvalue weighted by Crippen LogP contribution is 2.30. The fourth-order valence-electron chi connectivity index (χ4n) is 3.11. The van der Waals surface area contributed by atoms with Gasteiger partial charge in [0.15, 0.2) is 0 Å². The molecule has 3 rings (SSSR count). The monoisotopic (exact) mass is 417 g/mol. The molecule has 0 radical (unpaired) electrons. The van der Waals surface area contributed by atoms with Crippen molar-refractivity contribution in [3.63, 3.8) is 0 Å². The Bertz CT molecular complexity index is 508. The molecule has 5 nitrogen and oxygen atoms in total. The van der Waals surface area contributed by atoms with Crippen molar-refractivity contribution >= 4 is 34.2 Å². The SMILES string of the molecule is C[C@]1(O)CC[C@@H](Nc2cc(I)cc(N3CCOCC3)n2)CC1. The van der Waals surface area contributed by atoms with Gasteiger partial charge in [-0.3, -0.25) is 0 Å². The topological polar surface area (TPSA) is 57.6 Å². The molecular weight excluding hydrogens is 393 g/mol. The minimum atomic E-state index is -0.490. The Labute approximate surface area is 145 Å². The molecule has 2 fully saturated rings. The molecule has 0 aromatic carbocycles. The lowest BCUT2D eigenvalue weighted by Crippen LogP contribution is -2.37.